The van der Waals surface area contributed by atoms with Crippen molar-refractivity contribution in [2.75, 3.05) is 10.5 Å². The summed E-state index contributed by atoms with van der Waals surface area (Å²) in [5.41, 5.74) is 2.59. The van der Waals surface area contributed by atoms with Gasteiger partial charge in [0.2, 0.25) is 10.0 Å². The molecule has 9 heteroatoms. The third-order valence-corrected chi connectivity index (χ3v) is 6.28. The van der Waals surface area contributed by atoms with E-state index in [9.17, 15) is 17.6 Å². The lowest BCUT2D eigenvalue weighted by molar-refractivity contribution is 0.0678. The smallest absolute Gasteiger partial charge is 0.310 e. The van der Waals surface area contributed by atoms with Crippen LogP contribution in [0.3, 0.4) is 0 Å². The molecular formula is C22H20FN3O4S. The number of hydrazone groups is 1. The largest absolute Gasteiger partial charge is 0.459 e. The molecule has 160 valence electrons. The van der Waals surface area contributed by atoms with Gasteiger partial charge in [-0.25, -0.2) is 17.8 Å². The Balaban J connectivity index is 1.64. The Morgan fingerprint density at radius 1 is 1.16 bits per heavy atom. The number of benzene rings is 2. The van der Waals surface area contributed by atoms with E-state index in [1.165, 1.54) is 23.4 Å². The van der Waals surface area contributed by atoms with E-state index in [0.29, 0.717) is 17.8 Å². The van der Waals surface area contributed by atoms with Gasteiger partial charge in [0.25, 0.3) is 0 Å². The normalized spacial score (nSPS) is 16.3. The van der Waals surface area contributed by atoms with E-state index in [-0.39, 0.29) is 17.3 Å². The topological polar surface area (TPSA) is 92.0 Å². The van der Waals surface area contributed by atoms with Gasteiger partial charge in [-0.3, -0.25) is 9.52 Å². The zero-order chi connectivity index (χ0) is 22.0. The maximum absolute atomic E-state index is 13.4. The second-order valence-corrected chi connectivity index (χ2v) is 9.04. The minimum Gasteiger partial charge on any atom is -0.459 e. The first-order valence-electron chi connectivity index (χ1n) is 9.67. The minimum absolute atomic E-state index is 0.0232. The number of carbonyl (C=O) groups is 1. The van der Waals surface area contributed by atoms with Crippen molar-refractivity contribution in [1.29, 1.82) is 0 Å². The average molecular weight is 441 g/mol. The summed E-state index contributed by atoms with van der Waals surface area (Å²) >= 11 is 0. The number of nitrogens with one attached hydrogen (secondary N) is 1. The highest BCUT2D eigenvalue weighted by molar-refractivity contribution is 7.92. The fourth-order valence-electron chi connectivity index (χ4n) is 3.31. The van der Waals surface area contributed by atoms with Crippen LogP contribution < -0.4 is 4.72 Å². The van der Waals surface area contributed by atoms with Crippen molar-refractivity contribution >= 4 is 27.3 Å². The summed E-state index contributed by atoms with van der Waals surface area (Å²) in [6, 6.07) is 15.5. The molecule has 1 aliphatic rings. The number of rotatable bonds is 6. The fourth-order valence-corrected chi connectivity index (χ4v) is 3.95. The van der Waals surface area contributed by atoms with Crippen molar-refractivity contribution < 1.29 is 22.0 Å². The molecule has 1 aliphatic heterocycles. The summed E-state index contributed by atoms with van der Waals surface area (Å²) in [5.74, 6) is -0.634. The molecule has 1 atom stereocenters. The molecule has 7 nitrogen and oxygen atoms in total. The fraction of sp³-hybridized carbons (Fsp3) is 0.182. The van der Waals surface area contributed by atoms with Gasteiger partial charge in [-0.05, 0) is 54.4 Å². The van der Waals surface area contributed by atoms with Crippen molar-refractivity contribution in [3.63, 3.8) is 0 Å². The molecule has 31 heavy (non-hydrogen) atoms. The van der Waals surface area contributed by atoms with Crippen LogP contribution in [-0.4, -0.2) is 30.8 Å². The van der Waals surface area contributed by atoms with Crippen LogP contribution in [0.5, 0.6) is 0 Å². The molecule has 0 saturated heterocycles. The van der Waals surface area contributed by atoms with E-state index in [0.717, 1.165) is 11.1 Å². The second kappa shape index (κ2) is 8.35. The number of anilines is 1. The summed E-state index contributed by atoms with van der Waals surface area (Å²) in [5, 5.41) is 5.87. The molecule has 4 rings (SSSR count). The van der Waals surface area contributed by atoms with Crippen molar-refractivity contribution in [3.05, 3.63) is 89.6 Å². The second-order valence-electron chi connectivity index (χ2n) is 7.03. The molecule has 0 spiro atoms. The lowest BCUT2D eigenvalue weighted by Gasteiger charge is -2.21. The molecule has 0 bridgehead atoms. The highest BCUT2D eigenvalue weighted by atomic mass is 32.2. The van der Waals surface area contributed by atoms with E-state index < -0.39 is 22.0 Å². The van der Waals surface area contributed by atoms with E-state index in [1.54, 1.807) is 55.5 Å². The molecule has 0 radical (unpaired) electrons. The number of hydrogen-bond acceptors (Lipinski definition) is 5. The number of carbonyl (C=O) groups excluding carboxylic acids is 1. The Labute approximate surface area is 179 Å². The number of nitrogens with zero attached hydrogens (tertiary/aromatic N) is 2. The molecule has 0 saturated carbocycles. The van der Waals surface area contributed by atoms with Crippen molar-refractivity contribution in [3.8, 4) is 0 Å². The molecule has 1 N–H and O–H groups in total. The minimum atomic E-state index is -3.37. The van der Waals surface area contributed by atoms with E-state index in [4.69, 9.17) is 4.42 Å². The van der Waals surface area contributed by atoms with Crippen LogP contribution in [0.15, 0.2) is 76.4 Å². The lowest BCUT2D eigenvalue weighted by atomic mass is 9.98. The van der Waals surface area contributed by atoms with E-state index >= 15 is 0 Å². The molecule has 0 unspecified atom stereocenters. The maximum Gasteiger partial charge on any atom is 0.310 e. The van der Waals surface area contributed by atoms with Crippen molar-refractivity contribution in [1.82, 2.24) is 5.01 Å². The number of hydrogen-bond donors (Lipinski definition) is 1. The summed E-state index contributed by atoms with van der Waals surface area (Å²) < 4.78 is 44.6. The van der Waals surface area contributed by atoms with Gasteiger partial charge < -0.3 is 4.42 Å². The summed E-state index contributed by atoms with van der Waals surface area (Å²) in [7, 11) is -3.37. The van der Waals surface area contributed by atoms with Crippen LogP contribution in [-0.2, 0) is 10.0 Å². The standard InChI is InChI=1S/C22H20FN3O4S/c1-2-31(28,29)25-18-11-7-15(8-12-18)19-14-20(16-5-9-17(23)10-6-16)26(24-19)22(27)21-4-3-13-30-21/h3-13,20,25H,2,14H2,1H3/t20-/m0/s1. The Morgan fingerprint density at radius 2 is 1.87 bits per heavy atom. The summed E-state index contributed by atoms with van der Waals surface area (Å²) in [4.78, 5) is 13.0. The Hall–Kier alpha value is -3.46. The van der Waals surface area contributed by atoms with Gasteiger partial charge in [-0.1, -0.05) is 24.3 Å². The number of amides is 1. The van der Waals surface area contributed by atoms with Gasteiger partial charge in [0.05, 0.1) is 23.8 Å². The molecule has 0 fully saturated rings. The zero-order valence-corrected chi connectivity index (χ0v) is 17.5. The Kier molecular flexibility index (Phi) is 5.60. The van der Waals surface area contributed by atoms with Crippen molar-refractivity contribution in [2.45, 2.75) is 19.4 Å². The molecular weight excluding hydrogens is 421 g/mol. The monoisotopic (exact) mass is 441 g/mol. The van der Waals surface area contributed by atoms with Crippen LogP contribution in [0.1, 0.15) is 41.1 Å². The van der Waals surface area contributed by atoms with Gasteiger partial charge in [-0.15, -0.1) is 0 Å². The highest BCUT2D eigenvalue weighted by Crippen LogP contribution is 2.34. The predicted octanol–water partition coefficient (Wildman–Crippen LogP) is 4.17. The molecule has 1 amide bonds. The SMILES string of the molecule is CCS(=O)(=O)Nc1ccc(C2=NN(C(=O)c3ccco3)[C@H](c3ccc(F)cc3)C2)cc1. The number of sulfonamides is 1. The quantitative estimate of drug-likeness (QED) is 0.621. The third-order valence-electron chi connectivity index (χ3n) is 4.98. The molecule has 2 heterocycles. The van der Waals surface area contributed by atoms with E-state index in [1.807, 2.05) is 0 Å². The predicted molar refractivity (Wildman–Crippen MR) is 115 cm³/mol. The van der Waals surface area contributed by atoms with E-state index in [2.05, 4.69) is 9.82 Å². The average Bonchev–Trinajstić information content (AvgIpc) is 3.45. The molecule has 3 aromatic rings. The van der Waals surface area contributed by atoms with Crippen molar-refractivity contribution in [2.24, 2.45) is 5.10 Å². The van der Waals surface area contributed by atoms with Gasteiger partial charge in [0.1, 0.15) is 5.82 Å². The first kappa shape index (κ1) is 20.8. The molecule has 2 aromatic carbocycles. The molecule has 0 aliphatic carbocycles. The van der Waals surface area contributed by atoms with Gasteiger partial charge in [0.15, 0.2) is 5.76 Å². The Bertz CT molecular complexity index is 1200. The Morgan fingerprint density at radius 3 is 2.48 bits per heavy atom. The van der Waals surface area contributed by atoms with Gasteiger partial charge in [-0.2, -0.15) is 5.10 Å². The van der Waals surface area contributed by atoms with Crippen LogP contribution >= 0.6 is 0 Å². The highest BCUT2D eigenvalue weighted by Gasteiger charge is 2.34. The van der Waals surface area contributed by atoms with Crippen LogP contribution in [0.2, 0.25) is 0 Å². The van der Waals surface area contributed by atoms with Crippen LogP contribution in [0.4, 0.5) is 10.1 Å². The molecule has 1 aromatic heterocycles. The zero-order valence-electron chi connectivity index (χ0n) is 16.7. The van der Waals surface area contributed by atoms with Crippen LogP contribution in [0.25, 0.3) is 0 Å². The van der Waals surface area contributed by atoms with Gasteiger partial charge in [0, 0.05) is 12.1 Å². The van der Waals surface area contributed by atoms with Crippen LogP contribution in [0, 0.1) is 5.82 Å². The lowest BCUT2D eigenvalue weighted by Crippen LogP contribution is -2.26. The summed E-state index contributed by atoms with van der Waals surface area (Å²) in [6.07, 6.45) is 1.83. The summed E-state index contributed by atoms with van der Waals surface area (Å²) in [6.45, 7) is 1.56. The van der Waals surface area contributed by atoms with Gasteiger partial charge >= 0.3 is 5.91 Å². The number of halogens is 1. The first-order valence-corrected chi connectivity index (χ1v) is 11.3. The number of furan rings is 1. The maximum atomic E-state index is 13.4. The first-order chi connectivity index (χ1) is 14.9. The third kappa shape index (κ3) is 4.51.